The van der Waals surface area contributed by atoms with Crippen molar-refractivity contribution in [3.05, 3.63) is 35.6 Å². The Morgan fingerprint density at radius 2 is 1.83 bits per heavy atom. The summed E-state index contributed by atoms with van der Waals surface area (Å²) in [6.45, 7) is 19.1. The Kier molecular flexibility index (Phi) is 14.2. The third-order valence-electron chi connectivity index (χ3n) is 9.13. The number of aliphatic hydroxyl groups is 1. The molecule has 2 heterocycles. The molecular weight excluding hydrogens is 594 g/mol. The van der Waals surface area contributed by atoms with Crippen LogP contribution in [0.1, 0.15) is 81.6 Å². The first-order valence-electron chi connectivity index (χ1n) is 16.1. The van der Waals surface area contributed by atoms with Gasteiger partial charge in [-0.05, 0) is 79.6 Å². The van der Waals surface area contributed by atoms with Crippen LogP contribution in [0.5, 0.6) is 0 Å². The lowest BCUT2D eigenvalue weighted by molar-refractivity contribution is -0.298. The number of nitrogens with zero attached hydrogens (tertiary/aromatic N) is 1. The fourth-order valence-electron chi connectivity index (χ4n) is 6.70. The van der Waals surface area contributed by atoms with Crippen molar-refractivity contribution in [3.8, 4) is 0 Å². The van der Waals surface area contributed by atoms with Gasteiger partial charge in [0.05, 0.1) is 29.4 Å². The van der Waals surface area contributed by atoms with Crippen molar-refractivity contribution in [2.45, 2.75) is 130 Å². The first-order chi connectivity index (χ1) is 21.3. The van der Waals surface area contributed by atoms with Crippen LogP contribution in [0.15, 0.2) is 35.6 Å². The van der Waals surface area contributed by atoms with E-state index in [4.69, 9.17) is 28.4 Å². The molecule has 1 N–H and O–H groups in total. The molecule has 0 aromatic carbocycles. The minimum atomic E-state index is -1.61. The summed E-state index contributed by atoms with van der Waals surface area (Å²) in [5.41, 5.74) is -2.25. The number of carbonyl (C=O) groups is 3. The average Bonchev–Trinajstić information content (AvgIpc) is 2.97. The van der Waals surface area contributed by atoms with Gasteiger partial charge in [-0.2, -0.15) is 0 Å². The molecule has 11 heteroatoms. The predicted molar refractivity (Wildman–Crippen MR) is 174 cm³/mol. The van der Waals surface area contributed by atoms with E-state index in [1.54, 1.807) is 33.8 Å². The van der Waals surface area contributed by atoms with Crippen molar-refractivity contribution in [1.82, 2.24) is 4.90 Å². The third-order valence-corrected chi connectivity index (χ3v) is 9.13. The lowest BCUT2D eigenvalue weighted by Crippen LogP contribution is -2.59. The fraction of sp³-hybridized carbons (Fsp3) is 0.743. The molecule has 0 radical (unpaired) electrons. The summed E-state index contributed by atoms with van der Waals surface area (Å²) in [4.78, 5) is 41.7. The molecule has 0 unspecified atom stereocenters. The highest BCUT2D eigenvalue weighted by molar-refractivity contribution is 5.96. The smallest absolute Gasteiger partial charge is 0.337 e. The molecule has 0 aromatic rings. The van der Waals surface area contributed by atoms with Crippen molar-refractivity contribution < 1.29 is 47.9 Å². The molecule has 1 saturated heterocycles. The normalized spacial score (nSPS) is 39.6. The molecule has 0 spiro atoms. The van der Waals surface area contributed by atoms with Crippen LogP contribution in [0.25, 0.3) is 0 Å². The van der Waals surface area contributed by atoms with E-state index < -0.39 is 59.6 Å². The zero-order valence-electron chi connectivity index (χ0n) is 29.9. The number of rotatable bonds is 9. The number of likely N-dealkylation sites (N-methyl/N-ethyl adjacent to an activating group) is 1. The SMILES string of the molecule is C=CCO/C1=C(\C)C(=O)O[C@H](CC)[C@@](C)(O)/C=C(\C)C(=O)[C@H](C)C[C@@](C)(OC)[C@H](O[C@@H]2O[C@H](C)C[C@H](N(C)C)[C@H]2OC(C)=O)[C@H]1C. The Morgan fingerprint density at radius 3 is 2.35 bits per heavy atom. The van der Waals surface area contributed by atoms with Crippen LogP contribution < -0.4 is 0 Å². The fourth-order valence-corrected chi connectivity index (χ4v) is 6.70. The van der Waals surface area contributed by atoms with Gasteiger partial charge in [-0.3, -0.25) is 9.59 Å². The maximum absolute atomic E-state index is 13.7. The monoisotopic (exact) mass is 651 g/mol. The summed E-state index contributed by atoms with van der Waals surface area (Å²) < 4.78 is 37.2. The molecule has 0 amide bonds. The molecule has 262 valence electrons. The van der Waals surface area contributed by atoms with Gasteiger partial charge in [0.2, 0.25) is 0 Å². The second kappa shape index (κ2) is 16.5. The average molecular weight is 652 g/mol. The molecule has 2 aliphatic rings. The van der Waals surface area contributed by atoms with Crippen molar-refractivity contribution >= 4 is 17.7 Å². The largest absolute Gasteiger partial charge is 0.493 e. The van der Waals surface area contributed by atoms with Crippen LogP contribution in [0, 0.1) is 11.8 Å². The molecule has 1 fully saturated rings. The molecular formula is C35H57NO10. The van der Waals surface area contributed by atoms with E-state index in [1.807, 2.05) is 39.8 Å². The van der Waals surface area contributed by atoms with Crippen LogP contribution in [-0.2, 0) is 42.8 Å². The summed E-state index contributed by atoms with van der Waals surface area (Å²) in [7, 11) is 5.35. The van der Waals surface area contributed by atoms with Crippen LogP contribution in [-0.4, -0.2) is 103 Å². The quantitative estimate of drug-likeness (QED) is 0.279. The molecule has 2 aliphatic heterocycles. The van der Waals surface area contributed by atoms with Gasteiger partial charge in [0.25, 0.3) is 0 Å². The summed E-state index contributed by atoms with van der Waals surface area (Å²) in [6.07, 6.45) is 0.272. The molecule has 11 nitrogen and oxygen atoms in total. The van der Waals surface area contributed by atoms with Crippen LogP contribution in [0.2, 0.25) is 0 Å². The van der Waals surface area contributed by atoms with Crippen molar-refractivity contribution in [2.24, 2.45) is 11.8 Å². The van der Waals surface area contributed by atoms with Gasteiger partial charge in [0.15, 0.2) is 18.2 Å². The van der Waals surface area contributed by atoms with Gasteiger partial charge in [-0.15, -0.1) is 0 Å². The Bertz CT molecular complexity index is 1160. The van der Waals surface area contributed by atoms with E-state index in [0.717, 1.165) is 0 Å². The maximum atomic E-state index is 13.7. The van der Waals surface area contributed by atoms with E-state index in [0.29, 0.717) is 18.4 Å². The van der Waals surface area contributed by atoms with Gasteiger partial charge >= 0.3 is 11.9 Å². The second-order valence-electron chi connectivity index (χ2n) is 13.4. The molecule has 0 aliphatic carbocycles. The van der Waals surface area contributed by atoms with Crippen molar-refractivity contribution in [1.29, 1.82) is 0 Å². The summed E-state index contributed by atoms with van der Waals surface area (Å²) in [5.74, 6) is -2.33. The molecule has 10 atom stereocenters. The van der Waals surface area contributed by atoms with Gasteiger partial charge in [0, 0.05) is 25.9 Å². The third kappa shape index (κ3) is 9.50. The zero-order valence-corrected chi connectivity index (χ0v) is 29.9. The highest BCUT2D eigenvalue weighted by Gasteiger charge is 2.49. The molecule has 0 bridgehead atoms. The number of methoxy groups -OCH3 is 1. The first kappa shape index (κ1) is 39.6. The lowest BCUT2D eigenvalue weighted by atomic mass is 9.78. The maximum Gasteiger partial charge on any atom is 0.337 e. The minimum Gasteiger partial charge on any atom is -0.493 e. The number of allylic oxidation sites excluding steroid dienone is 1. The van der Waals surface area contributed by atoms with E-state index in [9.17, 15) is 19.5 Å². The molecule has 0 saturated carbocycles. The number of hydrogen-bond acceptors (Lipinski definition) is 11. The Labute approximate surface area is 275 Å². The Hall–Kier alpha value is -2.57. The summed E-state index contributed by atoms with van der Waals surface area (Å²) >= 11 is 0. The minimum absolute atomic E-state index is 0.0855. The van der Waals surface area contributed by atoms with Gasteiger partial charge in [-0.1, -0.05) is 33.4 Å². The standard InChI is InChI=1S/C35H57NO10/c1-14-16-42-29-23(6)31(46-33-30(44-25(8)37)26(36(11)12)17-22(5)43-33)35(10,41-13)19-21(4)28(38)20(3)18-34(9,40)27(15-2)45-32(39)24(29)7/h14,18,21-23,26-27,30-31,33,40H,1,15-17,19H2,2-13H3/b20-18+,29-24+/t21-,22-,23+,26+,27-,30-,31-,33+,34+,35-/m1/s1. The van der Waals surface area contributed by atoms with Crippen LogP contribution in [0.4, 0.5) is 0 Å². The van der Waals surface area contributed by atoms with Crippen molar-refractivity contribution in [2.75, 3.05) is 27.8 Å². The predicted octanol–water partition coefficient (Wildman–Crippen LogP) is 4.51. The second-order valence-corrected chi connectivity index (χ2v) is 13.4. The van der Waals surface area contributed by atoms with E-state index in [1.165, 1.54) is 27.0 Å². The summed E-state index contributed by atoms with van der Waals surface area (Å²) in [5, 5.41) is 11.4. The highest BCUT2D eigenvalue weighted by Crippen LogP contribution is 2.39. The van der Waals surface area contributed by atoms with Crippen molar-refractivity contribution in [3.63, 3.8) is 0 Å². The Morgan fingerprint density at radius 1 is 1.20 bits per heavy atom. The zero-order chi connectivity index (χ0) is 35.1. The number of ketones is 1. The number of esters is 2. The molecule has 46 heavy (non-hydrogen) atoms. The number of ether oxygens (including phenoxy) is 6. The number of carbonyl (C=O) groups excluding carboxylic acids is 3. The first-order valence-corrected chi connectivity index (χ1v) is 16.1. The number of Topliss-reactive ketones (excluding diaryl/α,β-unsaturated/α-hetero) is 1. The van der Waals surface area contributed by atoms with E-state index in [2.05, 4.69) is 6.58 Å². The topological polar surface area (TPSA) is 130 Å². The number of cyclic esters (lactones) is 1. The van der Waals surface area contributed by atoms with Crippen LogP contribution in [0.3, 0.4) is 0 Å². The molecule has 0 aromatic heterocycles. The Balaban J connectivity index is 2.84. The van der Waals surface area contributed by atoms with Gasteiger partial charge in [-0.25, -0.2) is 4.79 Å². The van der Waals surface area contributed by atoms with E-state index >= 15 is 0 Å². The van der Waals surface area contributed by atoms with E-state index in [-0.39, 0.29) is 42.3 Å². The molecule has 2 rings (SSSR count). The van der Waals surface area contributed by atoms with Gasteiger partial charge < -0.3 is 38.4 Å². The van der Waals surface area contributed by atoms with Gasteiger partial charge in [0.1, 0.15) is 24.1 Å². The summed E-state index contributed by atoms with van der Waals surface area (Å²) in [6, 6.07) is -0.212. The highest BCUT2D eigenvalue weighted by atomic mass is 16.7. The lowest BCUT2D eigenvalue weighted by Gasteiger charge is -2.47. The number of hydrogen-bond donors (Lipinski definition) is 1. The van der Waals surface area contributed by atoms with Crippen LogP contribution >= 0.6 is 0 Å².